The van der Waals surface area contributed by atoms with Crippen molar-refractivity contribution in [3.8, 4) is 0 Å². The van der Waals surface area contributed by atoms with Gasteiger partial charge in [0.25, 0.3) is 5.91 Å². The molecule has 1 saturated carbocycles. The second kappa shape index (κ2) is 9.75. The Morgan fingerprint density at radius 1 is 1.06 bits per heavy atom. The molecule has 0 radical (unpaired) electrons. The number of ether oxygens (including phenoxy) is 1. The Hall–Kier alpha value is -2.69. The van der Waals surface area contributed by atoms with Crippen LogP contribution in [0.5, 0.6) is 0 Å². The molecule has 0 bridgehead atoms. The highest BCUT2D eigenvalue weighted by atomic mass is 32.2. The smallest absolute Gasteiger partial charge is 0.259 e. The minimum atomic E-state index is -3.66. The number of aromatic nitrogens is 1. The van der Waals surface area contributed by atoms with E-state index in [0.717, 1.165) is 56.6 Å². The van der Waals surface area contributed by atoms with Crippen LogP contribution in [0.4, 0.5) is 17.3 Å². The molecule has 1 aromatic heterocycles. The summed E-state index contributed by atoms with van der Waals surface area (Å²) < 4.78 is 32.5. The van der Waals surface area contributed by atoms with E-state index in [-0.39, 0.29) is 17.1 Å². The van der Waals surface area contributed by atoms with Gasteiger partial charge in [-0.25, -0.2) is 13.4 Å². The molecule has 3 heterocycles. The number of benzene rings is 1. The maximum absolute atomic E-state index is 13.7. The molecule has 35 heavy (non-hydrogen) atoms. The highest BCUT2D eigenvalue weighted by Crippen LogP contribution is 2.46. The van der Waals surface area contributed by atoms with Gasteiger partial charge in [-0.1, -0.05) is 25.3 Å². The van der Waals surface area contributed by atoms with Crippen LogP contribution in [0.25, 0.3) is 0 Å². The molecular weight excluding hydrogens is 468 g/mol. The summed E-state index contributed by atoms with van der Waals surface area (Å²) in [5.74, 6) is 0.998. The van der Waals surface area contributed by atoms with Crippen LogP contribution in [0.1, 0.15) is 48.0 Å². The van der Waals surface area contributed by atoms with E-state index in [4.69, 9.17) is 14.8 Å². The van der Waals surface area contributed by atoms with Gasteiger partial charge in [0.2, 0.25) is 10.0 Å². The van der Waals surface area contributed by atoms with Gasteiger partial charge in [-0.15, -0.1) is 0 Å². The summed E-state index contributed by atoms with van der Waals surface area (Å²) in [5.41, 5.74) is 1.68. The molecule has 1 amide bonds. The minimum absolute atomic E-state index is 0.118. The van der Waals surface area contributed by atoms with E-state index in [0.29, 0.717) is 36.8 Å². The van der Waals surface area contributed by atoms with Crippen LogP contribution in [-0.4, -0.2) is 69.6 Å². The molecule has 1 spiro atoms. The number of carbonyl (C=O) groups is 1. The van der Waals surface area contributed by atoms with Crippen LogP contribution in [0.2, 0.25) is 0 Å². The van der Waals surface area contributed by atoms with Gasteiger partial charge < -0.3 is 14.7 Å². The molecule has 9 nitrogen and oxygen atoms in total. The molecule has 1 saturated heterocycles. The molecule has 5 rings (SSSR count). The van der Waals surface area contributed by atoms with Gasteiger partial charge in [-0.2, -0.15) is 0 Å². The van der Waals surface area contributed by atoms with Crippen molar-refractivity contribution in [3.63, 3.8) is 0 Å². The number of nitrogens with zero attached hydrogens (tertiary/aromatic N) is 3. The molecule has 0 atom stereocenters. The van der Waals surface area contributed by atoms with E-state index in [1.807, 2.05) is 24.3 Å². The number of aliphatic hydroxyl groups is 1. The van der Waals surface area contributed by atoms with Crippen molar-refractivity contribution < 1.29 is 23.1 Å². The minimum Gasteiger partial charge on any atom is -0.395 e. The van der Waals surface area contributed by atoms with Crippen molar-refractivity contribution in [2.24, 2.45) is 0 Å². The van der Waals surface area contributed by atoms with Gasteiger partial charge in [-0.3, -0.25) is 14.4 Å². The largest absolute Gasteiger partial charge is 0.395 e. The number of carbonyl (C=O) groups excluding carboxylic acids is 1. The highest BCUT2D eigenvalue weighted by molar-refractivity contribution is 7.92. The SMILES string of the molecule is O=C1c2ccc(NS(=O)(=O)CCO)cc2C2(CCCCC2)CN1c1cccc(N2CCOCC2)n1. The monoisotopic (exact) mass is 500 g/mol. The molecule has 2 fully saturated rings. The molecule has 10 heteroatoms. The summed E-state index contributed by atoms with van der Waals surface area (Å²) in [6.07, 6.45) is 5.13. The normalized spacial score (nSPS) is 20.1. The number of sulfonamides is 1. The zero-order valence-corrected chi connectivity index (χ0v) is 20.6. The number of nitrogens with one attached hydrogen (secondary N) is 1. The second-order valence-electron chi connectivity index (χ2n) is 9.59. The summed E-state index contributed by atoms with van der Waals surface area (Å²) in [4.78, 5) is 22.6. The summed E-state index contributed by atoms with van der Waals surface area (Å²) in [7, 11) is -3.66. The third-order valence-electron chi connectivity index (χ3n) is 7.30. The number of pyridine rings is 1. The average Bonchev–Trinajstić information content (AvgIpc) is 2.87. The molecule has 1 aliphatic carbocycles. The Morgan fingerprint density at radius 3 is 2.54 bits per heavy atom. The standard InChI is InChI=1S/C25H32N4O5S/c30-13-16-35(32,33)27-19-7-8-20-21(17-19)25(9-2-1-3-10-25)18-29(24(20)31)23-6-4-5-22(26-23)28-11-14-34-15-12-28/h4-8,17,27,30H,1-3,9-16,18H2. The lowest BCUT2D eigenvalue weighted by atomic mass is 9.66. The third kappa shape index (κ3) is 4.87. The molecule has 3 aliphatic rings. The van der Waals surface area contributed by atoms with Gasteiger partial charge in [0.15, 0.2) is 0 Å². The van der Waals surface area contributed by atoms with Gasteiger partial charge in [-0.05, 0) is 48.7 Å². The number of hydrogen-bond acceptors (Lipinski definition) is 7. The van der Waals surface area contributed by atoms with Gasteiger partial charge in [0, 0.05) is 36.3 Å². The Kier molecular flexibility index (Phi) is 6.69. The molecule has 2 N–H and O–H groups in total. The summed E-state index contributed by atoms with van der Waals surface area (Å²) in [5, 5.41) is 9.06. The number of anilines is 3. The van der Waals surface area contributed by atoms with Gasteiger partial charge in [0.05, 0.1) is 25.6 Å². The molecule has 1 aromatic carbocycles. The van der Waals surface area contributed by atoms with E-state index >= 15 is 0 Å². The van der Waals surface area contributed by atoms with Gasteiger partial charge >= 0.3 is 0 Å². The lowest BCUT2D eigenvalue weighted by Crippen LogP contribution is -2.51. The van der Waals surface area contributed by atoms with Crippen molar-refractivity contribution in [1.82, 2.24) is 4.98 Å². The number of morpholine rings is 1. The van der Waals surface area contributed by atoms with Crippen molar-refractivity contribution in [1.29, 1.82) is 0 Å². The first-order valence-electron chi connectivity index (χ1n) is 12.3. The first-order valence-corrected chi connectivity index (χ1v) is 13.9. The molecule has 2 aromatic rings. The fourth-order valence-electron chi connectivity index (χ4n) is 5.56. The predicted molar refractivity (Wildman–Crippen MR) is 135 cm³/mol. The van der Waals surface area contributed by atoms with E-state index in [2.05, 4.69) is 9.62 Å². The van der Waals surface area contributed by atoms with E-state index in [9.17, 15) is 13.2 Å². The van der Waals surface area contributed by atoms with E-state index in [1.54, 1.807) is 17.0 Å². The number of aliphatic hydroxyl groups excluding tert-OH is 1. The number of rotatable bonds is 6. The zero-order chi connectivity index (χ0) is 24.5. The van der Waals surface area contributed by atoms with Crippen molar-refractivity contribution >= 4 is 33.3 Å². The zero-order valence-electron chi connectivity index (χ0n) is 19.8. The predicted octanol–water partition coefficient (Wildman–Crippen LogP) is 2.51. The van der Waals surface area contributed by atoms with Crippen LogP contribution < -0.4 is 14.5 Å². The summed E-state index contributed by atoms with van der Waals surface area (Å²) >= 11 is 0. The molecule has 188 valence electrons. The van der Waals surface area contributed by atoms with Crippen LogP contribution >= 0.6 is 0 Å². The van der Waals surface area contributed by atoms with Crippen LogP contribution in [0.15, 0.2) is 36.4 Å². The fraction of sp³-hybridized carbons (Fsp3) is 0.520. The third-order valence-corrected chi connectivity index (χ3v) is 8.57. The molecule has 0 unspecified atom stereocenters. The Labute approximate surface area is 206 Å². The van der Waals surface area contributed by atoms with Crippen LogP contribution in [-0.2, 0) is 20.2 Å². The fourth-order valence-corrected chi connectivity index (χ4v) is 6.39. The number of fused-ring (bicyclic) bond motifs is 2. The van der Waals surface area contributed by atoms with Crippen LogP contribution in [0.3, 0.4) is 0 Å². The Morgan fingerprint density at radius 2 is 1.80 bits per heavy atom. The Balaban J connectivity index is 1.51. The summed E-state index contributed by atoms with van der Waals surface area (Å²) in [6, 6.07) is 11.0. The van der Waals surface area contributed by atoms with Crippen molar-refractivity contribution in [2.75, 3.05) is 59.7 Å². The number of amides is 1. The maximum Gasteiger partial charge on any atom is 0.259 e. The first kappa shape index (κ1) is 24.0. The summed E-state index contributed by atoms with van der Waals surface area (Å²) in [6.45, 7) is 2.93. The highest BCUT2D eigenvalue weighted by Gasteiger charge is 2.44. The van der Waals surface area contributed by atoms with Crippen molar-refractivity contribution in [3.05, 3.63) is 47.5 Å². The topological polar surface area (TPSA) is 112 Å². The number of hydrogen-bond donors (Lipinski definition) is 2. The van der Waals surface area contributed by atoms with E-state index in [1.165, 1.54) is 0 Å². The lowest BCUT2D eigenvalue weighted by Gasteiger charge is -2.46. The van der Waals surface area contributed by atoms with Gasteiger partial charge in [0.1, 0.15) is 11.6 Å². The average molecular weight is 501 g/mol. The molecular formula is C25H32N4O5S. The quantitative estimate of drug-likeness (QED) is 0.627. The lowest BCUT2D eigenvalue weighted by molar-refractivity contribution is 0.0955. The van der Waals surface area contributed by atoms with Crippen molar-refractivity contribution in [2.45, 2.75) is 37.5 Å². The maximum atomic E-state index is 13.7. The second-order valence-corrected chi connectivity index (χ2v) is 11.4. The Bertz CT molecular complexity index is 1190. The van der Waals surface area contributed by atoms with E-state index < -0.39 is 16.6 Å². The molecule has 2 aliphatic heterocycles. The first-order chi connectivity index (χ1) is 16.9. The van der Waals surface area contributed by atoms with Crippen LogP contribution in [0, 0.1) is 0 Å².